The predicted octanol–water partition coefficient (Wildman–Crippen LogP) is 3.66. The molecule has 0 amide bonds. The van der Waals surface area contributed by atoms with Crippen molar-refractivity contribution in [2.45, 2.75) is 38.6 Å². The molecule has 5 heteroatoms. The molecule has 3 nitrogen and oxygen atoms in total. The quantitative estimate of drug-likeness (QED) is 0.777. The Morgan fingerprint density at radius 2 is 2.25 bits per heavy atom. The fourth-order valence-electron chi connectivity index (χ4n) is 1.72. The Bertz CT molecular complexity index is 368. The minimum absolute atomic E-state index is 0.493. The molecule has 1 fully saturated rings. The second kappa shape index (κ2) is 5.32. The number of hydrogen-bond donors (Lipinski definition) is 0. The number of unbranched alkanes of at least 4 members (excludes halogenated alkanes) is 1. The third-order valence-electron chi connectivity index (χ3n) is 2.74. The molecule has 0 spiro atoms. The summed E-state index contributed by atoms with van der Waals surface area (Å²) in [6, 6.07) is 0.647. The summed E-state index contributed by atoms with van der Waals surface area (Å²) in [5, 5.41) is 0.493. The van der Waals surface area contributed by atoms with Crippen molar-refractivity contribution in [2.75, 3.05) is 11.4 Å². The van der Waals surface area contributed by atoms with Crippen LogP contribution in [0.5, 0.6) is 0 Å². The van der Waals surface area contributed by atoms with E-state index < -0.39 is 0 Å². The van der Waals surface area contributed by atoms with Gasteiger partial charge < -0.3 is 4.90 Å². The number of nitrogens with zero attached hydrogens (tertiary/aromatic N) is 3. The summed E-state index contributed by atoms with van der Waals surface area (Å²) in [6.45, 7) is 3.25. The molecule has 1 aromatic heterocycles. The highest BCUT2D eigenvalue weighted by Gasteiger charge is 2.31. The Hall–Kier alpha value is -0.350. The van der Waals surface area contributed by atoms with Crippen LogP contribution >= 0.6 is 27.5 Å². The third-order valence-corrected chi connectivity index (χ3v) is 3.99. The van der Waals surface area contributed by atoms with Gasteiger partial charge in [-0.25, -0.2) is 9.97 Å². The van der Waals surface area contributed by atoms with Gasteiger partial charge >= 0.3 is 0 Å². The Morgan fingerprint density at radius 1 is 1.50 bits per heavy atom. The lowest BCUT2D eigenvalue weighted by atomic mass is 10.3. The van der Waals surface area contributed by atoms with Crippen molar-refractivity contribution < 1.29 is 0 Å². The first-order valence-electron chi connectivity index (χ1n) is 5.66. The molecule has 1 aliphatic rings. The maximum atomic E-state index is 5.99. The first-order chi connectivity index (χ1) is 7.74. The largest absolute Gasteiger partial charge is 0.353 e. The predicted molar refractivity (Wildman–Crippen MR) is 70.0 cm³/mol. The van der Waals surface area contributed by atoms with Crippen molar-refractivity contribution in [3.63, 3.8) is 0 Å². The third kappa shape index (κ3) is 2.66. The fraction of sp³-hybridized carbons (Fsp3) is 0.636. The van der Waals surface area contributed by atoms with Gasteiger partial charge in [0.25, 0.3) is 0 Å². The lowest BCUT2D eigenvalue weighted by molar-refractivity contribution is 0.702. The normalized spacial score (nSPS) is 15.2. The first-order valence-corrected chi connectivity index (χ1v) is 6.83. The molecule has 0 bridgehead atoms. The van der Waals surface area contributed by atoms with E-state index in [0.717, 1.165) is 16.8 Å². The van der Waals surface area contributed by atoms with E-state index in [-0.39, 0.29) is 0 Å². The van der Waals surface area contributed by atoms with Gasteiger partial charge in [-0.05, 0) is 35.2 Å². The Morgan fingerprint density at radius 3 is 2.88 bits per heavy atom. The van der Waals surface area contributed by atoms with Crippen LogP contribution in [0.4, 0.5) is 5.82 Å². The maximum Gasteiger partial charge on any atom is 0.148 e. The fourth-order valence-corrected chi connectivity index (χ4v) is 2.28. The van der Waals surface area contributed by atoms with Crippen molar-refractivity contribution in [1.82, 2.24) is 9.97 Å². The van der Waals surface area contributed by atoms with Gasteiger partial charge in [0.1, 0.15) is 17.3 Å². The number of anilines is 1. The van der Waals surface area contributed by atoms with Crippen LogP contribution in [0.15, 0.2) is 10.8 Å². The molecule has 0 saturated heterocycles. The van der Waals surface area contributed by atoms with Crippen LogP contribution in [0, 0.1) is 0 Å². The molecule has 16 heavy (non-hydrogen) atoms. The van der Waals surface area contributed by atoms with Crippen LogP contribution in [0.25, 0.3) is 0 Å². The van der Waals surface area contributed by atoms with Crippen LogP contribution in [0.2, 0.25) is 5.15 Å². The summed E-state index contributed by atoms with van der Waals surface area (Å²) in [6.07, 6.45) is 6.43. The van der Waals surface area contributed by atoms with E-state index in [4.69, 9.17) is 11.6 Å². The zero-order valence-electron chi connectivity index (χ0n) is 9.29. The van der Waals surface area contributed by atoms with E-state index >= 15 is 0 Å². The van der Waals surface area contributed by atoms with Crippen LogP contribution in [-0.4, -0.2) is 22.6 Å². The van der Waals surface area contributed by atoms with Crippen molar-refractivity contribution in [1.29, 1.82) is 0 Å². The highest BCUT2D eigenvalue weighted by molar-refractivity contribution is 9.10. The van der Waals surface area contributed by atoms with E-state index in [0.29, 0.717) is 11.2 Å². The summed E-state index contributed by atoms with van der Waals surface area (Å²) in [5.74, 6) is 0.941. The van der Waals surface area contributed by atoms with E-state index in [9.17, 15) is 0 Å². The number of hydrogen-bond acceptors (Lipinski definition) is 3. The molecule has 1 saturated carbocycles. The Kier molecular flexibility index (Phi) is 4.03. The topological polar surface area (TPSA) is 29.0 Å². The zero-order chi connectivity index (χ0) is 11.5. The van der Waals surface area contributed by atoms with Crippen molar-refractivity contribution in [3.8, 4) is 0 Å². The van der Waals surface area contributed by atoms with Gasteiger partial charge in [0, 0.05) is 12.6 Å². The monoisotopic (exact) mass is 303 g/mol. The van der Waals surface area contributed by atoms with Gasteiger partial charge in [-0.1, -0.05) is 24.9 Å². The SMILES string of the molecule is CCCCN(c1ncnc(Cl)c1Br)C1CC1. The smallest absolute Gasteiger partial charge is 0.148 e. The Balaban J connectivity index is 2.20. The van der Waals surface area contributed by atoms with Gasteiger partial charge in [-0.2, -0.15) is 0 Å². The van der Waals surface area contributed by atoms with Crippen LogP contribution in [0.1, 0.15) is 32.6 Å². The molecule has 0 aromatic carbocycles. The summed E-state index contributed by atoms with van der Waals surface area (Å²) >= 11 is 9.46. The molecule has 0 atom stereocenters. The van der Waals surface area contributed by atoms with Crippen molar-refractivity contribution >= 4 is 33.3 Å². The van der Waals surface area contributed by atoms with Crippen molar-refractivity contribution in [3.05, 3.63) is 16.0 Å². The molecule has 0 N–H and O–H groups in total. The highest BCUT2D eigenvalue weighted by Crippen LogP contribution is 2.36. The van der Waals surface area contributed by atoms with E-state index in [2.05, 4.69) is 37.7 Å². The number of aromatic nitrogens is 2. The summed E-state index contributed by atoms with van der Waals surface area (Å²) in [4.78, 5) is 10.6. The van der Waals surface area contributed by atoms with E-state index in [1.165, 1.54) is 32.0 Å². The molecule has 1 aromatic rings. The second-order valence-electron chi connectivity index (χ2n) is 4.08. The Labute approximate surface area is 109 Å². The van der Waals surface area contributed by atoms with Gasteiger partial charge in [0.2, 0.25) is 0 Å². The molecule has 0 unspecified atom stereocenters. The molecule has 1 heterocycles. The highest BCUT2D eigenvalue weighted by atomic mass is 79.9. The maximum absolute atomic E-state index is 5.99. The lowest BCUT2D eigenvalue weighted by Crippen LogP contribution is -2.28. The summed E-state index contributed by atoms with van der Waals surface area (Å²) in [7, 11) is 0. The van der Waals surface area contributed by atoms with Crippen LogP contribution in [0.3, 0.4) is 0 Å². The molecule has 0 aliphatic heterocycles. The molecular weight excluding hydrogens is 289 g/mol. The standard InChI is InChI=1S/C11H15BrClN3/c1-2-3-6-16(8-4-5-8)11-9(12)10(13)14-7-15-11/h7-8H,2-6H2,1H3. The zero-order valence-corrected chi connectivity index (χ0v) is 11.6. The number of halogens is 2. The first kappa shape index (κ1) is 12.1. The average Bonchev–Trinajstić information content (AvgIpc) is 3.08. The molecule has 2 rings (SSSR count). The van der Waals surface area contributed by atoms with Gasteiger partial charge in [0.05, 0.1) is 4.47 Å². The van der Waals surface area contributed by atoms with Crippen molar-refractivity contribution in [2.24, 2.45) is 0 Å². The molecule has 0 radical (unpaired) electrons. The van der Waals surface area contributed by atoms with E-state index in [1.807, 2.05) is 0 Å². The molecular formula is C11H15BrClN3. The average molecular weight is 305 g/mol. The minimum atomic E-state index is 0.493. The minimum Gasteiger partial charge on any atom is -0.353 e. The van der Waals surface area contributed by atoms with Crippen LogP contribution < -0.4 is 4.90 Å². The number of rotatable bonds is 5. The second-order valence-corrected chi connectivity index (χ2v) is 5.23. The van der Waals surface area contributed by atoms with Gasteiger partial charge in [0.15, 0.2) is 0 Å². The van der Waals surface area contributed by atoms with Gasteiger partial charge in [-0.3, -0.25) is 0 Å². The summed E-state index contributed by atoms with van der Waals surface area (Å²) < 4.78 is 0.819. The van der Waals surface area contributed by atoms with E-state index in [1.54, 1.807) is 0 Å². The van der Waals surface area contributed by atoms with Gasteiger partial charge in [-0.15, -0.1) is 0 Å². The lowest BCUT2D eigenvalue weighted by Gasteiger charge is -2.24. The van der Waals surface area contributed by atoms with Crippen LogP contribution in [-0.2, 0) is 0 Å². The molecule has 1 aliphatic carbocycles. The molecule has 88 valence electrons. The summed E-state index contributed by atoms with van der Waals surface area (Å²) in [5.41, 5.74) is 0.